The maximum absolute atomic E-state index is 12.7. The smallest absolute Gasteiger partial charge is 0.320 e. The Kier molecular flexibility index (Phi) is 6.51. The Hall–Kier alpha value is -2.66. The summed E-state index contributed by atoms with van der Waals surface area (Å²) in [5.41, 5.74) is 7.30. The molecule has 0 aromatic heterocycles. The highest BCUT2D eigenvalue weighted by molar-refractivity contribution is 5.87. The Balaban J connectivity index is 2.02. The molecule has 0 bridgehead atoms. The van der Waals surface area contributed by atoms with Crippen LogP contribution in [0, 0.1) is 0 Å². The summed E-state index contributed by atoms with van der Waals surface area (Å²) in [7, 11) is 0. The lowest BCUT2D eigenvalue weighted by atomic mass is 9.90. The van der Waals surface area contributed by atoms with Crippen LogP contribution in [-0.2, 0) is 9.59 Å². The van der Waals surface area contributed by atoms with E-state index in [1.54, 1.807) is 0 Å². The van der Waals surface area contributed by atoms with Crippen molar-refractivity contribution < 1.29 is 14.7 Å². The van der Waals surface area contributed by atoms with E-state index in [1.807, 2.05) is 60.7 Å². The van der Waals surface area contributed by atoms with Gasteiger partial charge in [-0.05, 0) is 24.0 Å². The quantitative estimate of drug-likeness (QED) is 0.648. The summed E-state index contributed by atoms with van der Waals surface area (Å²) in [6.07, 6.45) is 0.854. The summed E-state index contributed by atoms with van der Waals surface area (Å²) >= 11 is 0. The third kappa shape index (κ3) is 4.93. The number of hydrogen-bond donors (Lipinski definition) is 3. The van der Waals surface area contributed by atoms with Gasteiger partial charge < -0.3 is 16.2 Å². The Labute approximate surface area is 141 Å². The molecule has 1 unspecified atom stereocenters. The van der Waals surface area contributed by atoms with Crippen molar-refractivity contribution in [3.05, 3.63) is 71.8 Å². The van der Waals surface area contributed by atoms with Crippen molar-refractivity contribution in [3.63, 3.8) is 0 Å². The minimum absolute atomic E-state index is 0.101. The minimum atomic E-state index is -1.02. The number of carboxylic acid groups (broad SMARTS) is 1. The number of hydrogen-bond acceptors (Lipinski definition) is 3. The average molecular weight is 326 g/mol. The number of rotatable bonds is 8. The highest BCUT2D eigenvalue weighted by Gasteiger charge is 2.22. The molecule has 5 nitrogen and oxygen atoms in total. The summed E-state index contributed by atoms with van der Waals surface area (Å²) in [6.45, 7) is 0.399. The molecule has 0 aliphatic heterocycles. The summed E-state index contributed by atoms with van der Waals surface area (Å²) in [5, 5.41) is 11.7. The van der Waals surface area contributed by atoms with E-state index in [9.17, 15) is 9.59 Å². The van der Waals surface area contributed by atoms with E-state index < -0.39 is 12.0 Å². The van der Waals surface area contributed by atoms with Crippen molar-refractivity contribution in [1.82, 2.24) is 5.32 Å². The number of nitrogens with one attached hydrogen (secondary N) is 1. The number of carbonyl (C=O) groups excluding carboxylic acids is 1. The Morgan fingerprint density at radius 3 is 1.92 bits per heavy atom. The van der Waals surface area contributed by atoms with Crippen molar-refractivity contribution >= 4 is 11.9 Å². The van der Waals surface area contributed by atoms with Crippen LogP contribution in [-0.4, -0.2) is 29.6 Å². The van der Waals surface area contributed by atoms with Gasteiger partial charge >= 0.3 is 5.97 Å². The van der Waals surface area contributed by atoms with Crippen molar-refractivity contribution in [2.24, 2.45) is 5.73 Å². The Morgan fingerprint density at radius 2 is 1.46 bits per heavy atom. The van der Waals surface area contributed by atoms with Crippen LogP contribution < -0.4 is 11.1 Å². The van der Waals surface area contributed by atoms with Gasteiger partial charge in [0, 0.05) is 6.54 Å². The Morgan fingerprint density at radius 1 is 0.958 bits per heavy atom. The summed E-state index contributed by atoms with van der Waals surface area (Å²) in [6, 6.07) is 18.3. The molecule has 126 valence electrons. The van der Waals surface area contributed by atoms with E-state index in [0.29, 0.717) is 19.4 Å². The predicted octanol–water partition coefficient (Wildman–Crippen LogP) is 2.13. The summed E-state index contributed by atoms with van der Waals surface area (Å²) < 4.78 is 0. The maximum Gasteiger partial charge on any atom is 0.320 e. The van der Waals surface area contributed by atoms with Gasteiger partial charge in [-0.25, -0.2) is 0 Å². The zero-order chi connectivity index (χ0) is 17.4. The zero-order valence-corrected chi connectivity index (χ0v) is 13.4. The van der Waals surface area contributed by atoms with Crippen LogP contribution in [0.25, 0.3) is 0 Å². The first kappa shape index (κ1) is 17.7. The van der Waals surface area contributed by atoms with Gasteiger partial charge in [-0.15, -0.1) is 0 Å². The molecule has 2 aromatic carbocycles. The SMILES string of the molecule is NC(CCCNC(=O)C(c1ccccc1)c1ccccc1)C(=O)O. The van der Waals surface area contributed by atoms with Crippen molar-refractivity contribution in [1.29, 1.82) is 0 Å². The molecule has 0 heterocycles. The average Bonchev–Trinajstić information content (AvgIpc) is 2.60. The molecule has 0 aliphatic rings. The van der Waals surface area contributed by atoms with E-state index in [-0.39, 0.29) is 11.8 Å². The van der Waals surface area contributed by atoms with Crippen molar-refractivity contribution in [2.75, 3.05) is 6.54 Å². The molecule has 0 aliphatic carbocycles. The predicted molar refractivity (Wildman–Crippen MR) is 92.6 cm³/mol. The van der Waals surface area contributed by atoms with Crippen LogP contribution in [0.2, 0.25) is 0 Å². The van der Waals surface area contributed by atoms with E-state index in [2.05, 4.69) is 5.32 Å². The number of carbonyl (C=O) groups is 2. The van der Waals surface area contributed by atoms with Gasteiger partial charge in [0.1, 0.15) is 6.04 Å². The monoisotopic (exact) mass is 326 g/mol. The lowest BCUT2D eigenvalue weighted by molar-refractivity contribution is -0.138. The molecule has 0 spiro atoms. The van der Waals surface area contributed by atoms with Crippen LogP contribution >= 0.6 is 0 Å². The largest absolute Gasteiger partial charge is 0.480 e. The van der Waals surface area contributed by atoms with Gasteiger partial charge in [0.2, 0.25) is 5.91 Å². The van der Waals surface area contributed by atoms with Gasteiger partial charge in [0.05, 0.1) is 5.92 Å². The molecule has 0 saturated heterocycles. The normalized spacial score (nSPS) is 11.9. The van der Waals surface area contributed by atoms with Gasteiger partial charge in [-0.2, -0.15) is 0 Å². The number of carboxylic acids is 1. The fraction of sp³-hybridized carbons (Fsp3) is 0.263. The molecular formula is C19H22N2O3. The van der Waals surface area contributed by atoms with Crippen molar-refractivity contribution in [3.8, 4) is 0 Å². The lowest BCUT2D eigenvalue weighted by Gasteiger charge is -2.18. The van der Waals surface area contributed by atoms with E-state index in [0.717, 1.165) is 11.1 Å². The van der Waals surface area contributed by atoms with E-state index in [4.69, 9.17) is 10.8 Å². The molecule has 2 rings (SSSR count). The first-order chi connectivity index (χ1) is 11.6. The van der Waals surface area contributed by atoms with Gasteiger partial charge in [-0.3, -0.25) is 9.59 Å². The number of aliphatic carboxylic acids is 1. The van der Waals surface area contributed by atoms with Crippen LogP contribution in [0.5, 0.6) is 0 Å². The van der Waals surface area contributed by atoms with Gasteiger partial charge in [0.25, 0.3) is 0 Å². The third-order valence-electron chi connectivity index (χ3n) is 3.84. The topological polar surface area (TPSA) is 92.4 Å². The second-order valence-electron chi connectivity index (χ2n) is 5.63. The number of benzene rings is 2. The van der Waals surface area contributed by atoms with Gasteiger partial charge in [0.15, 0.2) is 0 Å². The molecule has 1 amide bonds. The molecule has 0 fully saturated rings. The molecule has 0 radical (unpaired) electrons. The second-order valence-corrected chi connectivity index (χ2v) is 5.63. The Bertz CT molecular complexity index is 619. The highest BCUT2D eigenvalue weighted by atomic mass is 16.4. The third-order valence-corrected chi connectivity index (χ3v) is 3.84. The van der Waals surface area contributed by atoms with Crippen molar-refractivity contribution in [2.45, 2.75) is 24.8 Å². The minimum Gasteiger partial charge on any atom is -0.480 e. The standard InChI is InChI=1S/C19H22N2O3/c20-16(19(23)24)12-7-13-21-18(22)17(14-8-3-1-4-9-14)15-10-5-2-6-11-15/h1-6,8-11,16-17H,7,12-13,20H2,(H,21,22)(H,23,24). The lowest BCUT2D eigenvalue weighted by Crippen LogP contribution is -2.34. The van der Waals surface area contributed by atoms with Crippen LogP contribution in [0.15, 0.2) is 60.7 Å². The first-order valence-electron chi connectivity index (χ1n) is 7.95. The number of amides is 1. The van der Waals surface area contributed by atoms with Crippen LogP contribution in [0.3, 0.4) is 0 Å². The molecular weight excluding hydrogens is 304 g/mol. The second kappa shape index (κ2) is 8.84. The van der Waals surface area contributed by atoms with E-state index in [1.165, 1.54) is 0 Å². The maximum atomic E-state index is 12.7. The summed E-state index contributed by atoms with van der Waals surface area (Å²) in [5.74, 6) is -1.51. The summed E-state index contributed by atoms with van der Waals surface area (Å²) in [4.78, 5) is 23.4. The van der Waals surface area contributed by atoms with Gasteiger partial charge in [-0.1, -0.05) is 60.7 Å². The highest BCUT2D eigenvalue weighted by Crippen LogP contribution is 2.24. The molecule has 5 heteroatoms. The fourth-order valence-electron chi connectivity index (χ4n) is 2.55. The molecule has 0 saturated carbocycles. The van der Waals surface area contributed by atoms with E-state index >= 15 is 0 Å². The van der Waals surface area contributed by atoms with Crippen LogP contribution in [0.1, 0.15) is 29.9 Å². The first-order valence-corrected chi connectivity index (χ1v) is 7.95. The number of nitrogens with two attached hydrogens (primary N) is 1. The zero-order valence-electron chi connectivity index (χ0n) is 13.4. The molecule has 4 N–H and O–H groups in total. The molecule has 24 heavy (non-hydrogen) atoms. The molecule has 2 aromatic rings. The fourth-order valence-corrected chi connectivity index (χ4v) is 2.55. The molecule has 1 atom stereocenters. The van der Waals surface area contributed by atoms with Crippen LogP contribution in [0.4, 0.5) is 0 Å².